The number of benzene rings is 2. The summed E-state index contributed by atoms with van der Waals surface area (Å²) in [6.45, 7) is 2.65. The predicted octanol–water partition coefficient (Wildman–Crippen LogP) is 4.52. The highest BCUT2D eigenvalue weighted by Gasteiger charge is 2.11. The normalized spacial score (nSPS) is 11.1. The summed E-state index contributed by atoms with van der Waals surface area (Å²) in [7, 11) is 0. The van der Waals surface area contributed by atoms with Gasteiger partial charge in [0, 0.05) is 12.2 Å². The van der Waals surface area contributed by atoms with E-state index in [9.17, 15) is 9.59 Å². The van der Waals surface area contributed by atoms with Crippen LogP contribution in [-0.2, 0) is 11.3 Å². The van der Waals surface area contributed by atoms with Crippen LogP contribution >= 0.6 is 11.8 Å². The molecule has 0 aliphatic heterocycles. The Hall–Kier alpha value is -3.20. The summed E-state index contributed by atoms with van der Waals surface area (Å²) in [6, 6.07) is 16.6. The van der Waals surface area contributed by atoms with E-state index >= 15 is 0 Å². The third-order valence-electron chi connectivity index (χ3n) is 3.98. The first-order valence-electron chi connectivity index (χ1n) is 9.30. The molecule has 150 valence electrons. The smallest absolute Gasteiger partial charge is 0.325 e. The summed E-state index contributed by atoms with van der Waals surface area (Å²) in [4.78, 5) is 24.0. The van der Waals surface area contributed by atoms with Gasteiger partial charge in [-0.1, -0.05) is 43.3 Å². The molecule has 1 heterocycles. The highest BCUT2D eigenvalue weighted by Crippen LogP contribution is 2.20. The molecule has 0 unspecified atom stereocenters. The number of aromatic amines is 1. The van der Waals surface area contributed by atoms with Gasteiger partial charge >= 0.3 is 5.69 Å². The van der Waals surface area contributed by atoms with Crippen molar-refractivity contribution in [1.29, 1.82) is 0 Å². The molecule has 2 aromatic carbocycles. The fourth-order valence-electron chi connectivity index (χ4n) is 2.48. The molecule has 0 bridgehead atoms. The Kier molecular flexibility index (Phi) is 7.34. The van der Waals surface area contributed by atoms with E-state index in [1.165, 1.54) is 11.8 Å². The number of H-pyrrole nitrogens is 1. The minimum absolute atomic E-state index is 0.159. The Morgan fingerprint density at radius 1 is 1.10 bits per heavy atom. The number of nitrogens with zero attached hydrogens (tertiary/aromatic N) is 4. The van der Waals surface area contributed by atoms with Crippen LogP contribution in [0, 0.1) is 0 Å². The van der Waals surface area contributed by atoms with Crippen molar-refractivity contribution in [1.82, 2.24) is 14.8 Å². The van der Waals surface area contributed by atoms with Gasteiger partial charge in [-0.3, -0.25) is 9.36 Å². The van der Waals surface area contributed by atoms with E-state index in [0.29, 0.717) is 23.1 Å². The molecule has 29 heavy (non-hydrogen) atoms. The average Bonchev–Trinajstić information content (AvgIpc) is 3.10. The van der Waals surface area contributed by atoms with E-state index in [2.05, 4.69) is 32.7 Å². The second-order valence-corrected chi connectivity index (χ2v) is 7.18. The van der Waals surface area contributed by atoms with Crippen LogP contribution in [-0.4, -0.2) is 26.4 Å². The van der Waals surface area contributed by atoms with Crippen LogP contribution in [0.15, 0.2) is 74.8 Å². The molecule has 0 spiro atoms. The van der Waals surface area contributed by atoms with Gasteiger partial charge in [0.1, 0.15) is 0 Å². The fraction of sp³-hybridized carbons (Fsp3) is 0.250. The van der Waals surface area contributed by atoms with E-state index in [4.69, 9.17) is 0 Å². The Labute approximate surface area is 172 Å². The molecule has 3 aromatic rings. The summed E-state index contributed by atoms with van der Waals surface area (Å²) in [6.07, 6.45) is 1.86. The van der Waals surface area contributed by atoms with Gasteiger partial charge in [-0.25, -0.2) is 9.89 Å². The molecule has 0 radical (unpaired) electrons. The molecule has 2 N–H and O–H groups in total. The maximum Gasteiger partial charge on any atom is 0.343 e. The molecule has 1 aromatic heterocycles. The number of unbranched alkanes of at least 4 members (excludes halogenated alkanes) is 1. The summed E-state index contributed by atoms with van der Waals surface area (Å²) < 4.78 is 1.56. The topological polar surface area (TPSA) is 104 Å². The molecular weight excluding hydrogens is 388 g/mol. The number of amides is 1. The first-order chi connectivity index (χ1) is 14.2. The number of carbonyl (C=O) groups is 1. The number of nitrogens with one attached hydrogen (secondary N) is 2. The number of rotatable bonds is 9. The van der Waals surface area contributed by atoms with E-state index in [-0.39, 0.29) is 17.3 Å². The van der Waals surface area contributed by atoms with Crippen molar-refractivity contribution in [3.63, 3.8) is 0 Å². The predicted molar refractivity (Wildman–Crippen MR) is 114 cm³/mol. The largest absolute Gasteiger partial charge is 0.343 e. The van der Waals surface area contributed by atoms with Gasteiger partial charge in [0.2, 0.25) is 5.91 Å². The van der Waals surface area contributed by atoms with Crippen LogP contribution in [0.3, 0.4) is 0 Å². The van der Waals surface area contributed by atoms with Crippen LogP contribution in [0.4, 0.5) is 17.1 Å². The maximum atomic E-state index is 12.2. The average molecular weight is 411 g/mol. The lowest BCUT2D eigenvalue weighted by atomic mass is 10.3. The lowest BCUT2D eigenvalue weighted by Crippen LogP contribution is -2.19. The van der Waals surface area contributed by atoms with Crippen LogP contribution in [0.25, 0.3) is 0 Å². The number of hydrogen-bond acceptors (Lipinski definition) is 6. The molecule has 1 amide bonds. The zero-order valence-electron chi connectivity index (χ0n) is 16.0. The number of anilines is 1. The molecule has 0 aliphatic rings. The van der Waals surface area contributed by atoms with Crippen molar-refractivity contribution in [2.75, 3.05) is 11.1 Å². The molecule has 0 fully saturated rings. The van der Waals surface area contributed by atoms with Crippen LogP contribution in [0.2, 0.25) is 0 Å². The Balaban J connectivity index is 1.52. The Morgan fingerprint density at radius 3 is 2.48 bits per heavy atom. The van der Waals surface area contributed by atoms with Crippen molar-refractivity contribution >= 4 is 34.7 Å². The summed E-state index contributed by atoms with van der Waals surface area (Å²) in [5.41, 5.74) is 1.89. The van der Waals surface area contributed by atoms with Crippen molar-refractivity contribution in [3.05, 3.63) is 65.1 Å². The Morgan fingerprint density at radius 2 is 1.79 bits per heavy atom. The summed E-state index contributed by atoms with van der Waals surface area (Å²) >= 11 is 1.23. The summed E-state index contributed by atoms with van der Waals surface area (Å²) in [5, 5.41) is 18.1. The van der Waals surface area contributed by atoms with Crippen molar-refractivity contribution in [3.8, 4) is 0 Å². The first kappa shape index (κ1) is 20.5. The Bertz CT molecular complexity index is 1010. The highest BCUT2D eigenvalue weighted by molar-refractivity contribution is 7.99. The quantitative estimate of drug-likeness (QED) is 0.400. The van der Waals surface area contributed by atoms with Crippen LogP contribution in [0.5, 0.6) is 0 Å². The number of aromatic nitrogens is 3. The third kappa shape index (κ3) is 6.15. The fourth-order valence-corrected chi connectivity index (χ4v) is 3.25. The molecule has 0 atom stereocenters. The minimum atomic E-state index is -0.249. The van der Waals surface area contributed by atoms with Gasteiger partial charge in [-0.05, 0) is 42.8 Å². The zero-order valence-corrected chi connectivity index (χ0v) is 16.9. The number of azo groups is 1. The van der Waals surface area contributed by atoms with E-state index in [1.54, 1.807) is 28.8 Å². The molecule has 0 saturated carbocycles. The molecule has 0 aliphatic carbocycles. The highest BCUT2D eigenvalue weighted by atomic mass is 32.2. The van der Waals surface area contributed by atoms with Gasteiger partial charge in [0.15, 0.2) is 5.16 Å². The second-order valence-electron chi connectivity index (χ2n) is 6.24. The summed E-state index contributed by atoms with van der Waals surface area (Å²) in [5.74, 6) is -0.0162. The second kappa shape index (κ2) is 10.4. The standard InChI is InChI=1S/C20H22N6O2S/c1-2-3-13-26-19(28)24-25-20(26)29-14-18(27)21-15-9-11-17(12-10-15)23-22-16-7-5-4-6-8-16/h4-12H,2-3,13-14H2,1H3,(H,21,27)(H,24,28). The van der Waals surface area contributed by atoms with Crippen LogP contribution in [0.1, 0.15) is 19.8 Å². The first-order valence-corrected chi connectivity index (χ1v) is 10.3. The van der Waals surface area contributed by atoms with Crippen molar-refractivity contribution < 1.29 is 4.79 Å². The van der Waals surface area contributed by atoms with Crippen molar-refractivity contribution in [2.24, 2.45) is 10.2 Å². The van der Waals surface area contributed by atoms with E-state index in [1.807, 2.05) is 30.3 Å². The third-order valence-corrected chi connectivity index (χ3v) is 4.96. The molecule has 9 heteroatoms. The number of carbonyl (C=O) groups excluding carboxylic acids is 1. The molecule has 0 saturated heterocycles. The van der Waals surface area contributed by atoms with E-state index in [0.717, 1.165) is 18.5 Å². The molecule has 8 nitrogen and oxygen atoms in total. The molecular formula is C20H22N6O2S. The van der Waals surface area contributed by atoms with Gasteiger partial charge in [-0.15, -0.1) is 5.10 Å². The molecule has 3 rings (SSSR count). The van der Waals surface area contributed by atoms with E-state index < -0.39 is 0 Å². The minimum Gasteiger partial charge on any atom is -0.325 e. The van der Waals surface area contributed by atoms with Crippen LogP contribution < -0.4 is 11.0 Å². The van der Waals surface area contributed by atoms with Gasteiger partial charge in [0.25, 0.3) is 0 Å². The zero-order chi connectivity index (χ0) is 20.5. The lowest BCUT2D eigenvalue weighted by Gasteiger charge is -2.06. The monoisotopic (exact) mass is 410 g/mol. The van der Waals surface area contributed by atoms with Gasteiger partial charge in [0.05, 0.1) is 17.1 Å². The SMILES string of the molecule is CCCCn1c(SCC(=O)Nc2ccc(N=Nc3ccccc3)cc2)n[nH]c1=O. The lowest BCUT2D eigenvalue weighted by molar-refractivity contribution is -0.113. The van der Waals surface area contributed by atoms with Gasteiger partial charge in [-0.2, -0.15) is 10.2 Å². The van der Waals surface area contributed by atoms with Crippen molar-refractivity contribution in [2.45, 2.75) is 31.5 Å². The van der Waals surface area contributed by atoms with Gasteiger partial charge < -0.3 is 5.32 Å². The maximum absolute atomic E-state index is 12.2. The number of hydrogen-bond donors (Lipinski definition) is 2. The number of thioether (sulfide) groups is 1.